The Hall–Kier alpha value is -3.25. The number of halogens is 1. The number of aryl methyl sites for hydroxylation is 2. The molecule has 168 valence electrons. The molecule has 7 heteroatoms. The second kappa shape index (κ2) is 6.87. The van der Waals surface area contributed by atoms with Gasteiger partial charge < -0.3 is 13.9 Å². The smallest absolute Gasteiger partial charge is 0.336 e. The number of hydrogen-bond acceptors (Lipinski definition) is 5. The molecule has 0 fully saturated rings. The normalized spacial score (nSPS) is 20.4. The van der Waals surface area contributed by atoms with Crippen LogP contribution in [0, 0.1) is 19.8 Å². The maximum Gasteiger partial charge on any atom is 0.336 e. The first-order valence-corrected chi connectivity index (χ1v) is 11.4. The van der Waals surface area contributed by atoms with Gasteiger partial charge in [-0.15, -0.1) is 0 Å². The fourth-order valence-electron chi connectivity index (χ4n) is 5.31. The highest BCUT2D eigenvalue weighted by molar-refractivity contribution is 6.30. The minimum atomic E-state index is -0.551. The van der Waals surface area contributed by atoms with E-state index in [-0.39, 0.29) is 17.5 Å². The first kappa shape index (κ1) is 20.4. The number of fused-ring (bicyclic) bond motifs is 7. The minimum Gasteiger partial charge on any atom is -0.493 e. The minimum absolute atomic E-state index is 0.00428. The number of aromatic nitrogens is 2. The molecule has 0 N–H and O–H groups in total. The van der Waals surface area contributed by atoms with E-state index >= 15 is 0 Å². The van der Waals surface area contributed by atoms with Crippen LogP contribution in [0.4, 0.5) is 0 Å². The topological polar surface area (TPSA) is 66.5 Å². The highest BCUT2D eigenvalue weighted by atomic mass is 35.5. The summed E-state index contributed by atoms with van der Waals surface area (Å²) >= 11 is 6.27. The van der Waals surface area contributed by atoms with Crippen LogP contribution in [-0.4, -0.2) is 22.0 Å². The molecule has 2 aromatic carbocycles. The van der Waals surface area contributed by atoms with Crippen LogP contribution in [-0.2, 0) is 0 Å². The van der Waals surface area contributed by atoms with Crippen molar-refractivity contribution in [2.45, 2.75) is 39.2 Å². The zero-order valence-corrected chi connectivity index (χ0v) is 19.6. The van der Waals surface area contributed by atoms with Crippen molar-refractivity contribution in [1.82, 2.24) is 9.78 Å². The number of ether oxygens (including phenoxy) is 2. The van der Waals surface area contributed by atoms with Gasteiger partial charge in [-0.25, -0.2) is 9.48 Å². The summed E-state index contributed by atoms with van der Waals surface area (Å²) in [6.45, 7) is 8.54. The first-order valence-electron chi connectivity index (χ1n) is 11.0. The summed E-state index contributed by atoms with van der Waals surface area (Å²) < 4.78 is 20.4. The van der Waals surface area contributed by atoms with Crippen molar-refractivity contribution in [3.05, 3.63) is 80.3 Å². The van der Waals surface area contributed by atoms with Gasteiger partial charge in [0.1, 0.15) is 16.9 Å². The van der Waals surface area contributed by atoms with Crippen molar-refractivity contribution in [1.29, 1.82) is 0 Å². The molecule has 0 spiro atoms. The molecule has 2 atom stereocenters. The molecule has 0 bridgehead atoms. The molecule has 4 aromatic rings. The Balaban J connectivity index is 1.68. The van der Waals surface area contributed by atoms with E-state index in [0.717, 1.165) is 39.2 Å². The molecule has 0 saturated heterocycles. The molecule has 2 aliphatic heterocycles. The average molecular weight is 463 g/mol. The molecule has 0 aliphatic carbocycles. The van der Waals surface area contributed by atoms with Crippen molar-refractivity contribution in [3.63, 3.8) is 0 Å². The molecular formula is C26H23ClN2O4. The molecular weight excluding hydrogens is 440 g/mol. The predicted octanol–water partition coefficient (Wildman–Crippen LogP) is 5.56. The Labute approximate surface area is 195 Å². The highest BCUT2D eigenvalue weighted by Crippen LogP contribution is 2.55. The Bertz CT molecular complexity index is 1500. The zero-order chi connectivity index (χ0) is 23.1. The Kier molecular flexibility index (Phi) is 4.24. The Morgan fingerprint density at radius 1 is 1.12 bits per heavy atom. The van der Waals surface area contributed by atoms with Crippen molar-refractivity contribution in [2.24, 2.45) is 5.92 Å². The number of benzene rings is 2. The van der Waals surface area contributed by atoms with Crippen LogP contribution in [0.25, 0.3) is 16.7 Å². The molecule has 4 heterocycles. The average Bonchev–Trinajstić information content (AvgIpc) is 3.08. The molecule has 0 radical (unpaired) electrons. The van der Waals surface area contributed by atoms with Crippen LogP contribution < -0.4 is 15.1 Å². The van der Waals surface area contributed by atoms with Crippen molar-refractivity contribution >= 4 is 22.6 Å². The number of nitrogens with zero attached hydrogens (tertiary/aromatic N) is 2. The monoisotopic (exact) mass is 462 g/mol. The van der Waals surface area contributed by atoms with E-state index in [1.54, 1.807) is 0 Å². The molecule has 2 unspecified atom stereocenters. The number of rotatable bonds is 1. The van der Waals surface area contributed by atoms with Crippen molar-refractivity contribution in [2.75, 3.05) is 6.61 Å². The molecule has 0 amide bonds. The summed E-state index contributed by atoms with van der Waals surface area (Å²) in [6, 6.07) is 13.0. The SMILES string of the molecule is Cc1nn(-c2cccc(Cl)c2)c2c1C1c3c(ccc4c(C)cc(=O)oc34)OCC1C(C)(C)O2. The summed E-state index contributed by atoms with van der Waals surface area (Å²) in [5.41, 5.74) is 4.09. The van der Waals surface area contributed by atoms with Crippen LogP contribution in [0.3, 0.4) is 0 Å². The molecule has 2 aromatic heterocycles. The lowest BCUT2D eigenvalue weighted by atomic mass is 9.70. The predicted molar refractivity (Wildman–Crippen MR) is 126 cm³/mol. The lowest BCUT2D eigenvalue weighted by Gasteiger charge is -2.46. The van der Waals surface area contributed by atoms with Gasteiger partial charge in [-0.05, 0) is 63.6 Å². The Morgan fingerprint density at radius 2 is 1.94 bits per heavy atom. The third-order valence-corrected chi connectivity index (χ3v) is 7.16. The fourth-order valence-corrected chi connectivity index (χ4v) is 5.50. The van der Waals surface area contributed by atoms with Gasteiger partial charge in [0.25, 0.3) is 0 Å². The summed E-state index contributed by atoms with van der Waals surface area (Å²) in [5, 5.41) is 6.38. The first-order chi connectivity index (χ1) is 15.7. The second-order valence-corrected chi connectivity index (χ2v) is 9.84. The lowest BCUT2D eigenvalue weighted by Crippen LogP contribution is -2.49. The quantitative estimate of drug-likeness (QED) is 0.346. The lowest BCUT2D eigenvalue weighted by molar-refractivity contribution is -0.0184. The van der Waals surface area contributed by atoms with Crippen LogP contribution >= 0.6 is 11.6 Å². The van der Waals surface area contributed by atoms with E-state index in [2.05, 4.69) is 13.8 Å². The fraction of sp³-hybridized carbons (Fsp3) is 0.308. The van der Waals surface area contributed by atoms with E-state index in [4.69, 9.17) is 30.6 Å². The van der Waals surface area contributed by atoms with Gasteiger partial charge >= 0.3 is 5.63 Å². The van der Waals surface area contributed by atoms with Gasteiger partial charge in [-0.2, -0.15) is 5.10 Å². The Morgan fingerprint density at radius 3 is 2.73 bits per heavy atom. The van der Waals surface area contributed by atoms with Gasteiger partial charge in [0.15, 0.2) is 0 Å². The standard InChI is InChI=1S/C26H23ClN2O4/c1-13-10-20(30)32-24-17(13)8-9-19-23(24)22-18(12-31-19)26(3,4)33-25-21(22)14(2)28-29(25)16-7-5-6-15(27)11-16/h5-11,18,22H,12H2,1-4H3. The van der Waals surface area contributed by atoms with Crippen molar-refractivity contribution in [3.8, 4) is 17.3 Å². The van der Waals surface area contributed by atoms with Gasteiger partial charge in [0.05, 0.1) is 18.0 Å². The summed E-state index contributed by atoms with van der Waals surface area (Å²) in [6.07, 6.45) is 0. The van der Waals surface area contributed by atoms with E-state index in [1.165, 1.54) is 6.07 Å². The molecule has 2 aliphatic rings. The van der Waals surface area contributed by atoms with Crippen LogP contribution in [0.1, 0.15) is 42.1 Å². The number of hydrogen-bond donors (Lipinski definition) is 0. The van der Waals surface area contributed by atoms with Crippen LogP contribution in [0.5, 0.6) is 11.6 Å². The molecule has 33 heavy (non-hydrogen) atoms. The summed E-state index contributed by atoms with van der Waals surface area (Å²) in [5.74, 6) is 1.32. The highest BCUT2D eigenvalue weighted by Gasteiger charge is 2.51. The van der Waals surface area contributed by atoms with Crippen molar-refractivity contribution < 1.29 is 13.9 Å². The molecule has 0 saturated carbocycles. The molecule has 6 rings (SSSR count). The van der Waals surface area contributed by atoms with Gasteiger partial charge in [0.2, 0.25) is 5.88 Å². The maximum absolute atomic E-state index is 12.3. The maximum atomic E-state index is 12.3. The van der Waals surface area contributed by atoms with E-state index in [1.807, 2.05) is 54.9 Å². The van der Waals surface area contributed by atoms with E-state index in [9.17, 15) is 4.79 Å². The summed E-state index contributed by atoms with van der Waals surface area (Å²) in [7, 11) is 0. The van der Waals surface area contributed by atoms with E-state index in [0.29, 0.717) is 23.1 Å². The second-order valence-electron chi connectivity index (χ2n) is 9.40. The third kappa shape index (κ3) is 2.93. The van der Waals surface area contributed by atoms with Gasteiger partial charge in [-0.3, -0.25) is 0 Å². The van der Waals surface area contributed by atoms with Gasteiger partial charge in [0, 0.05) is 39.4 Å². The van der Waals surface area contributed by atoms with Crippen LogP contribution in [0.15, 0.2) is 51.7 Å². The van der Waals surface area contributed by atoms with Gasteiger partial charge in [-0.1, -0.05) is 17.7 Å². The summed E-state index contributed by atoms with van der Waals surface area (Å²) in [4.78, 5) is 12.3. The molecule has 6 nitrogen and oxygen atoms in total. The zero-order valence-electron chi connectivity index (χ0n) is 18.8. The largest absolute Gasteiger partial charge is 0.493 e. The van der Waals surface area contributed by atoms with Crippen LogP contribution in [0.2, 0.25) is 5.02 Å². The van der Waals surface area contributed by atoms with E-state index < -0.39 is 5.60 Å². The third-order valence-electron chi connectivity index (χ3n) is 6.93.